The molecule has 5 rings (SSSR count). The van der Waals surface area contributed by atoms with Crippen LogP contribution in [0.2, 0.25) is 0 Å². The number of hydrogen-bond acceptors (Lipinski definition) is 4. The van der Waals surface area contributed by atoms with Gasteiger partial charge >= 0.3 is 0 Å². The number of carbonyl (C=O) groups excluding carboxylic acids is 1. The van der Waals surface area contributed by atoms with Gasteiger partial charge < -0.3 is 10.1 Å². The Morgan fingerprint density at radius 2 is 1.46 bits per heavy atom. The average molecular weight is 551 g/mol. The summed E-state index contributed by atoms with van der Waals surface area (Å²) in [6, 6.07) is 21.0. The lowest BCUT2D eigenvalue weighted by molar-refractivity contribution is -0.126. The first-order valence-corrected chi connectivity index (χ1v) is 15.0. The van der Waals surface area contributed by atoms with Crippen LogP contribution in [-0.2, 0) is 25.0 Å². The highest BCUT2D eigenvalue weighted by Gasteiger charge is 2.35. The fourth-order valence-electron chi connectivity index (χ4n) is 5.39. The van der Waals surface area contributed by atoms with E-state index in [2.05, 4.69) is 41.2 Å². The molecule has 2 fully saturated rings. The summed E-state index contributed by atoms with van der Waals surface area (Å²) in [5, 5.41) is 3.00. The molecule has 206 valence electrons. The molecule has 39 heavy (non-hydrogen) atoms. The zero-order chi connectivity index (χ0) is 27.6. The summed E-state index contributed by atoms with van der Waals surface area (Å²) < 4.78 is 47.5. The van der Waals surface area contributed by atoms with E-state index in [0.29, 0.717) is 25.7 Å². The predicted octanol–water partition coefficient (Wildman–Crippen LogP) is 5.50. The number of halogens is 1. The molecule has 6 nitrogen and oxygen atoms in total. The molecule has 0 radical (unpaired) electrons. The number of rotatable bonds is 8. The van der Waals surface area contributed by atoms with Gasteiger partial charge in [0.1, 0.15) is 5.82 Å². The molecule has 1 aliphatic carbocycles. The second-order valence-electron chi connectivity index (χ2n) is 11.1. The van der Waals surface area contributed by atoms with Crippen molar-refractivity contribution in [3.63, 3.8) is 0 Å². The van der Waals surface area contributed by atoms with Crippen LogP contribution in [0.5, 0.6) is 0 Å². The van der Waals surface area contributed by atoms with Gasteiger partial charge in [-0.2, -0.15) is 0 Å². The maximum Gasteiger partial charge on any atom is 0.240 e. The lowest BCUT2D eigenvalue weighted by Crippen LogP contribution is -2.43. The summed E-state index contributed by atoms with van der Waals surface area (Å²) in [6.07, 6.45) is 2.40. The average Bonchev–Trinajstić information content (AvgIpc) is 2.92. The van der Waals surface area contributed by atoms with E-state index in [9.17, 15) is 17.6 Å². The van der Waals surface area contributed by atoms with Crippen LogP contribution in [0, 0.1) is 11.7 Å². The van der Waals surface area contributed by atoms with E-state index in [1.165, 1.54) is 17.7 Å². The van der Waals surface area contributed by atoms with Crippen LogP contribution >= 0.6 is 0 Å². The molecule has 0 aromatic heterocycles. The Bertz CT molecular complexity index is 1390. The Hall–Kier alpha value is -3.07. The molecule has 1 heterocycles. The van der Waals surface area contributed by atoms with Crippen LogP contribution in [0.25, 0.3) is 11.1 Å². The first-order chi connectivity index (χ1) is 18.6. The Kier molecular flexibility index (Phi) is 7.89. The van der Waals surface area contributed by atoms with Crippen molar-refractivity contribution in [2.24, 2.45) is 5.92 Å². The molecule has 8 heteroatoms. The van der Waals surface area contributed by atoms with Crippen molar-refractivity contribution >= 4 is 15.9 Å². The van der Waals surface area contributed by atoms with Gasteiger partial charge in [0.15, 0.2) is 0 Å². The highest BCUT2D eigenvalue weighted by molar-refractivity contribution is 7.89. The van der Waals surface area contributed by atoms with Gasteiger partial charge in [0.05, 0.1) is 24.2 Å². The molecular formula is C31H35FN2O4S. The van der Waals surface area contributed by atoms with E-state index in [1.54, 1.807) is 24.3 Å². The van der Waals surface area contributed by atoms with E-state index in [1.807, 2.05) is 19.1 Å². The highest BCUT2D eigenvalue weighted by atomic mass is 32.2. The number of benzene rings is 3. The van der Waals surface area contributed by atoms with Crippen LogP contribution in [-0.4, -0.2) is 33.6 Å². The Morgan fingerprint density at radius 3 is 2.00 bits per heavy atom. The van der Waals surface area contributed by atoms with Gasteiger partial charge in [0.25, 0.3) is 0 Å². The number of carbonyl (C=O) groups is 1. The molecule has 3 aromatic carbocycles. The fraction of sp³-hybridized carbons (Fsp3) is 0.387. The lowest BCUT2D eigenvalue weighted by Gasteiger charge is -2.38. The van der Waals surface area contributed by atoms with Crippen LogP contribution in [0.1, 0.15) is 56.7 Å². The first-order valence-electron chi connectivity index (χ1n) is 13.5. The molecule has 0 bridgehead atoms. The summed E-state index contributed by atoms with van der Waals surface area (Å²) in [5.41, 5.74) is 4.15. The van der Waals surface area contributed by atoms with Crippen LogP contribution in [0.4, 0.5) is 4.39 Å². The topological polar surface area (TPSA) is 84.5 Å². The molecule has 1 atom stereocenters. The third-order valence-corrected chi connectivity index (χ3v) is 9.61. The smallest absolute Gasteiger partial charge is 0.240 e. The van der Waals surface area contributed by atoms with Crippen LogP contribution < -0.4 is 10.0 Å². The molecular weight excluding hydrogens is 515 g/mol. The van der Waals surface area contributed by atoms with E-state index < -0.39 is 10.0 Å². The van der Waals surface area contributed by atoms with Crippen molar-refractivity contribution in [3.05, 3.63) is 89.7 Å². The van der Waals surface area contributed by atoms with E-state index in [4.69, 9.17) is 4.74 Å². The largest absolute Gasteiger partial charge is 0.379 e. The molecule has 2 N–H and O–H groups in total. The molecule has 1 saturated heterocycles. The third kappa shape index (κ3) is 6.24. The molecule has 1 amide bonds. The van der Waals surface area contributed by atoms with Crippen molar-refractivity contribution in [1.82, 2.24) is 10.0 Å². The number of nitrogens with one attached hydrogen (secondary N) is 2. The first kappa shape index (κ1) is 27.5. The molecule has 1 aliphatic heterocycles. The zero-order valence-corrected chi connectivity index (χ0v) is 23.1. The SMILES string of the molecule is C[C@@H](NC(=O)C1CCC(NS(=O)(=O)c2ccc(-c3ccc(C4(C)COC4)cc3)cc2)CC1)c1ccc(F)cc1. The van der Waals surface area contributed by atoms with Crippen molar-refractivity contribution < 1.29 is 22.3 Å². The van der Waals surface area contributed by atoms with E-state index in [-0.39, 0.29) is 40.0 Å². The summed E-state index contributed by atoms with van der Waals surface area (Å²) in [5.74, 6) is -0.529. The summed E-state index contributed by atoms with van der Waals surface area (Å²) >= 11 is 0. The minimum Gasteiger partial charge on any atom is -0.379 e. The molecule has 1 saturated carbocycles. The second kappa shape index (κ2) is 11.2. The van der Waals surface area contributed by atoms with Gasteiger partial charge in [-0.25, -0.2) is 17.5 Å². The number of amides is 1. The molecule has 0 unspecified atom stereocenters. The number of hydrogen-bond donors (Lipinski definition) is 2. The van der Waals surface area contributed by atoms with Crippen LogP contribution in [0.3, 0.4) is 0 Å². The van der Waals surface area contributed by atoms with Gasteiger partial charge in [-0.05, 0) is 79.1 Å². The summed E-state index contributed by atoms with van der Waals surface area (Å²) in [6.45, 7) is 5.53. The lowest BCUT2D eigenvalue weighted by atomic mass is 9.80. The fourth-order valence-corrected chi connectivity index (χ4v) is 6.70. The number of sulfonamides is 1. The van der Waals surface area contributed by atoms with Crippen molar-refractivity contribution in [1.29, 1.82) is 0 Å². The molecule has 3 aromatic rings. The minimum atomic E-state index is -3.67. The van der Waals surface area contributed by atoms with Gasteiger partial charge in [0, 0.05) is 17.4 Å². The van der Waals surface area contributed by atoms with Crippen molar-refractivity contribution in [2.45, 2.75) is 61.9 Å². The molecule has 2 aliphatic rings. The highest BCUT2D eigenvalue weighted by Crippen LogP contribution is 2.33. The second-order valence-corrected chi connectivity index (χ2v) is 12.8. The minimum absolute atomic E-state index is 0.0492. The van der Waals surface area contributed by atoms with Gasteiger partial charge in [-0.3, -0.25) is 4.79 Å². The third-order valence-electron chi connectivity index (χ3n) is 8.07. The predicted molar refractivity (Wildman–Crippen MR) is 149 cm³/mol. The van der Waals surface area contributed by atoms with Gasteiger partial charge in [0.2, 0.25) is 15.9 Å². The summed E-state index contributed by atoms with van der Waals surface area (Å²) in [7, 11) is -3.67. The monoisotopic (exact) mass is 550 g/mol. The Morgan fingerprint density at radius 1 is 0.897 bits per heavy atom. The standard InChI is InChI=1S/C31H35FN2O4S/c1-21(22-5-13-27(32)14-6-22)33-30(35)25-7-15-28(16-8-25)34-39(36,37)29-17-9-24(10-18-29)23-3-11-26(12-4-23)31(2)19-38-20-31/h3-6,9-14,17-18,21,25,28,34H,7-8,15-16,19-20H2,1-2H3,(H,33,35)/t21-,25?,28?/m1/s1. The maximum atomic E-state index is 13.2. The maximum absolute atomic E-state index is 13.2. The molecule has 0 spiro atoms. The number of ether oxygens (including phenoxy) is 1. The van der Waals surface area contributed by atoms with Crippen LogP contribution in [0.15, 0.2) is 77.7 Å². The Labute approximate surface area is 230 Å². The van der Waals surface area contributed by atoms with Crippen molar-refractivity contribution in [2.75, 3.05) is 13.2 Å². The normalized spacial score (nSPS) is 21.5. The van der Waals surface area contributed by atoms with E-state index >= 15 is 0 Å². The van der Waals surface area contributed by atoms with E-state index in [0.717, 1.165) is 29.9 Å². The summed E-state index contributed by atoms with van der Waals surface area (Å²) in [4.78, 5) is 13.0. The zero-order valence-electron chi connectivity index (χ0n) is 22.3. The van der Waals surface area contributed by atoms with Gasteiger partial charge in [-0.1, -0.05) is 55.5 Å². The Balaban J connectivity index is 1.13. The van der Waals surface area contributed by atoms with Gasteiger partial charge in [-0.15, -0.1) is 0 Å². The quantitative estimate of drug-likeness (QED) is 0.388. The van der Waals surface area contributed by atoms with Crippen molar-refractivity contribution in [3.8, 4) is 11.1 Å².